The maximum atomic E-state index is 14.1. The molecule has 2 aromatic carbocycles. The van der Waals surface area contributed by atoms with Gasteiger partial charge in [-0.25, -0.2) is 4.39 Å². The fourth-order valence-corrected chi connectivity index (χ4v) is 1.93. The molecule has 0 aliphatic carbocycles. The van der Waals surface area contributed by atoms with Gasteiger partial charge in [0.05, 0.1) is 11.6 Å². The summed E-state index contributed by atoms with van der Waals surface area (Å²) in [5.74, 6) is -0.259. The van der Waals surface area contributed by atoms with Gasteiger partial charge in [-0.2, -0.15) is 5.26 Å². The highest BCUT2D eigenvalue weighted by molar-refractivity contribution is 5.66. The molecule has 96 valence electrons. The maximum Gasteiger partial charge on any atom is 0.131 e. The van der Waals surface area contributed by atoms with Crippen LogP contribution in [0, 0.1) is 17.1 Å². The van der Waals surface area contributed by atoms with Crippen molar-refractivity contribution in [3.63, 3.8) is 0 Å². The highest BCUT2D eigenvalue weighted by atomic mass is 19.1. The molecule has 0 aromatic heterocycles. The van der Waals surface area contributed by atoms with Crippen LogP contribution in [0.4, 0.5) is 4.39 Å². The summed E-state index contributed by atoms with van der Waals surface area (Å²) in [4.78, 5) is 0. The SMILES string of the molecule is CCNCc1ccc(-c2cccc(C#N)c2)c(F)c1. The number of halogens is 1. The summed E-state index contributed by atoms with van der Waals surface area (Å²) in [7, 11) is 0. The van der Waals surface area contributed by atoms with E-state index in [1.165, 1.54) is 6.07 Å². The number of benzene rings is 2. The lowest BCUT2D eigenvalue weighted by Gasteiger charge is -2.07. The quantitative estimate of drug-likeness (QED) is 0.906. The minimum atomic E-state index is -0.259. The molecule has 0 bridgehead atoms. The van der Waals surface area contributed by atoms with Crippen molar-refractivity contribution in [1.29, 1.82) is 5.26 Å². The Morgan fingerprint density at radius 3 is 2.74 bits per heavy atom. The van der Waals surface area contributed by atoms with Crippen LogP contribution in [-0.4, -0.2) is 6.54 Å². The fraction of sp³-hybridized carbons (Fsp3) is 0.188. The van der Waals surface area contributed by atoms with Crippen LogP contribution in [0.5, 0.6) is 0 Å². The first-order valence-corrected chi connectivity index (χ1v) is 6.24. The molecule has 0 unspecified atom stereocenters. The Balaban J connectivity index is 2.32. The molecule has 0 saturated heterocycles. The molecular formula is C16H15FN2. The predicted molar refractivity (Wildman–Crippen MR) is 73.9 cm³/mol. The molecule has 0 aliphatic rings. The highest BCUT2D eigenvalue weighted by Gasteiger charge is 2.06. The normalized spacial score (nSPS) is 10.2. The van der Waals surface area contributed by atoms with Gasteiger partial charge in [-0.3, -0.25) is 0 Å². The molecular weight excluding hydrogens is 239 g/mol. The fourth-order valence-electron chi connectivity index (χ4n) is 1.93. The van der Waals surface area contributed by atoms with E-state index in [2.05, 4.69) is 11.4 Å². The minimum absolute atomic E-state index is 0.259. The second-order valence-corrected chi connectivity index (χ2v) is 4.29. The van der Waals surface area contributed by atoms with E-state index in [1.807, 2.05) is 19.1 Å². The molecule has 0 spiro atoms. The molecule has 19 heavy (non-hydrogen) atoms. The number of hydrogen-bond acceptors (Lipinski definition) is 2. The minimum Gasteiger partial charge on any atom is -0.313 e. The largest absolute Gasteiger partial charge is 0.313 e. The van der Waals surface area contributed by atoms with E-state index in [0.717, 1.165) is 17.7 Å². The van der Waals surface area contributed by atoms with Gasteiger partial charge < -0.3 is 5.32 Å². The van der Waals surface area contributed by atoms with Gasteiger partial charge >= 0.3 is 0 Å². The summed E-state index contributed by atoms with van der Waals surface area (Å²) in [5.41, 5.74) is 2.71. The first kappa shape index (κ1) is 13.3. The second kappa shape index (κ2) is 6.12. The summed E-state index contributed by atoms with van der Waals surface area (Å²) in [6.45, 7) is 3.53. The van der Waals surface area contributed by atoms with Crippen molar-refractivity contribution >= 4 is 0 Å². The van der Waals surface area contributed by atoms with Crippen molar-refractivity contribution in [3.8, 4) is 17.2 Å². The van der Waals surface area contributed by atoms with E-state index in [9.17, 15) is 4.39 Å². The lowest BCUT2D eigenvalue weighted by molar-refractivity contribution is 0.625. The molecule has 2 rings (SSSR count). The third-order valence-corrected chi connectivity index (χ3v) is 2.92. The van der Waals surface area contributed by atoms with Crippen LogP contribution in [0.25, 0.3) is 11.1 Å². The van der Waals surface area contributed by atoms with E-state index in [1.54, 1.807) is 24.3 Å². The highest BCUT2D eigenvalue weighted by Crippen LogP contribution is 2.24. The second-order valence-electron chi connectivity index (χ2n) is 4.29. The van der Waals surface area contributed by atoms with E-state index in [4.69, 9.17) is 5.26 Å². The van der Waals surface area contributed by atoms with Crippen LogP contribution >= 0.6 is 0 Å². The average molecular weight is 254 g/mol. The molecule has 2 nitrogen and oxygen atoms in total. The molecule has 0 saturated carbocycles. The summed E-state index contributed by atoms with van der Waals surface area (Å²) in [6, 6.07) is 14.2. The van der Waals surface area contributed by atoms with Crippen LogP contribution in [0.2, 0.25) is 0 Å². The molecule has 1 N–H and O–H groups in total. The van der Waals surface area contributed by atoms with Gasteiger partial charge in [-0.1, -0.05) is 31.2 Å². The molecule has 2 aromatic rings. The number of rotatable bonds is 4. The smallest absolute Gasteiger partial charge is 0.131 e. The van der Waals surface area contributed by atoms with Crippen LogP contribution < -0.4 is 5.32 Å². The van der Waals surface area contributed by atoms with E-state index in [0.29, 0.717) is 17.7 Å². The topological polar surface area (TPSA) is 35.8 Å². The Morgan fingerprint density at radius 2 is 2.05 bits per heavy atom. The summed E-state index contributed by atoms with van der Waals surface area (Å²) in [5, 5.41) is 12.0. The summed E-state index contributed by atoms with van der Waals surface area (Å²) in [6.07, 6.45) is 0. The Morgan fingerprint density at radius 1 is 1.21 bits per heavy atom. The van der Waals surface area contributed by atoms with Gasteiger partial charge in [-0.05, 0) is 35.9 Å². The van der Waals surface area contributed by atoms with E-state index < -0.39 is 0 Å². The Hall–Kier alpha value is -2.18. The third-order valence-electron chi connectivity index (χ3n) is 2.92. The van der Waals surface area contributed by atoms with Crippen molar-refractivity contribution in [2.45, 2.75) is 13.5 Å². The standard InChI is InChI=1S/C16H15FN2/c1-2-19-11-13-6-7-15(16(17)9-13)14-5-3-4-12(8-14)10-18/h3-9,19H,2,11H2,1H3. The van der Waals surface area contributed by atoms with Gasteiger partial charge in [0.15, 0.2) is 0 Å². The number of nitrogens with one attached hydrogen (secondary N) is 1. The molecule has 0 aliphatic heterocycles. The van der Waals surface area contributed by atoms with Crippen molar-refractivity contribution in [1.82, 2.24) is 5.32 Å². The van der Waals surface area contributed by atoms with Gasteiger partial charge in [0.2, 0.25) is 0 Å². The first-order valence-electron chi connectivity index (χ1n) is 6.24. The Kier molecular flexibility index (Phi) is 4.27. The van der Waals surface area contributed by atoms with Gasteiger partial charge in [0, 0.05) is 12.1 Å². The number of nitrogens with zero attached hydrogens (tertiary/aromatic N) is 1. The van der Waals surface area contributed by atoms with E-state index >= 15 is 0 Å². The van der Waals surface area contributed by atoms with Gasteiger partial charge in [-0.15, -0.1) is 0 Å². The van der Waals surface area contributed by atoms with Crippen molar-refractivity contribution < 1.29 is 4.39 Å². The zero-order valence-electron chi connectivity index (χ0n) is 10.8. The first-order chi connectivity index (χ1) is 9.24. The number of hydrogen-bond donors (Lipinski definition) is 1. The summed E-state index contributed by atoms with van der Waals surface area (Å²) >= 11 is 0. The Labute approximate surface area is 112 Å². The molecule has 0 heterocycles. The lowest BCUT2D eigenvalue weighted by Crippen LogP contribution is -2.11. The van der Waals surface area contributed by atoms with Gasteiger partial charge in [0.1, 0.15) is 5.82 Å². The molecule has 0 fully saturated rings. The van der Waals surface area contributed by atoms with Crippen LogP contribution in [0.15, 0.2) is 42.5 Å². The predicted octanol–water partition coefficient (Wildman–Crippen LogP) is 3.47. The average Bonchev–Trinajstić information content (AvgIpc) is 2.45. The molecule has 0 amide bonds. The lowest BCUT2D eigenvalue weighted by atomic mass is 10.0. The third kappa shape index (κ3) is 3.18. The zero-order chi connectivity index (χ0) is 13.7. The zero-order valence-corrected chi connectivity index (χ0v) is 10.8. The maximum absolute atomic E-state index is 14.1. The summed E-state index contributed by atoms with van der Waals surface area (Å²) < 4.78 is 14.1. The van der Waals surface area contributed by atoms with Crippen molar-refractivity contribution in [2.24, 2.45) is 0 Å². The van der Waals surface area contributed by atoms with Crippen LogP contribution in [-0.2, 0) is 6.54 Å². The molecule has 0 radical (unpaired) electrons. The Bertz CT molecular complexity index is 614. The van der Waals surface area contributed by atoms with E-state index in [-0.39, 0.29) is 5.82 Å². The van der Waals surface area contributed by atoms with Gasteiger partial charge in [0.25, 0.3) is 0 Å². The van der Waals surface area contributed by atoms with Crippen molar-refractivity contribution in [3.05, 3.63) is 59.4 Å². The van der Waals surface area contributed by atoms with Crippen LogP contribution in [0.3, 0.4) is 0 Å². The number of nitriles is 1. The molecule has 0 atom stereocenters. The van der Waals surface area contributed by atoms with Crippen molar-refractivity contribution in [2.75, 3.05) is 6.54 Å². The van der Waals surface area contributed by atoms with Crippen LogP contribution in [0.1, 0.15) is 18.1 Å². The molecule has 3 heteroatoms. The monoisotopic (exact) mass is 254 g/mol.